The van der Waals surface area contributed by atoms with Gasteiger partial charge in [0.25, 0.3) is 0 Å². The van der Waals surface area contributed by atoms with E-state index in [-0.39, 0.29) is 0 Å². The van der Waals surface area contributed by atoms with Crippen LogP contribution in [0.25, 0.3) is 0 Å². The fourth-order valence-electron chi connectivity index (χ4n) is 2.32. The summed E-state index contributed by atoms with van der Waals surface area (Å²) in [5, 5.41) is 3.64. The van der Waals surface area contributed by atoms with Gasteiger partial charge in [0, 0.05) is 12.6 Å². The number of nitrogens with one attached hydrogen (secondary N) is 1. The van der Waals surface area contributed by atoms with E-state index in [4.69, 9.17) is 0 Å². The van der Waals surface area contributed by atoms with Crippen LogP contribution in [-0.2, 0) is 0 Å². The van der Waals surface area contributed by atoms with Crippen LogP contribution in [-0.4, -0.2) is 12.6 Å². The molecule has 1 saturated carbocycles. The van der Waals surface area contributed by atoms with Crippen LogP contribution in [0.1, 0.15) is 39.5 Å². The first-order chi connectivity index (χ1) is 5.20. The van der Waals surface area contributed by atoms with Crippen molar-refractivity contribution in [2.75, 3.05) is 6.54 Å². The van der Waals surface area contributed by atoms with Crippen molar-refractivity contribution in [1.29, 1.82) is 0 Å². The molecule has 1 unspecified atom stereocenters. The molecule has 1 heteroatoms. The highest BCUT2D eigenvalue weighted by molar-refractivity contribution is 5.02. The van der Waals surface area contributed by atoms with Gasteiger partial charge in [0.1, 0.15) is 0 Å². The maximum atomic E-state index is 3.64. The zero-order valence-electron chi connectivity index (χ0n) is 7.69. The van der Waals surface area contributed by atoms with Crippen molar-refractivity contribution in [2.24, 2.45) is 11.3 Å². The van der Waals surface area contributed by atoms with E-state index < -0.39 is 0 Å². The molecule has 2 fully saturated rings. The fraction of sp³-hybridized carbons (Fsp3) is 1.00. The second-order valence-corrected chi connectivity index (χ2v) is 4.91. The molecule has 2 aliphatic rings. The van der Waals surface area contributed by atoms with Crippen LogP contribution in [0.4, 0.5) is 0 Å². The SMILES string of the molecule is CC(C)CC1CC2(CC2)CN1. The van der Waals surface area contributed by atoms with Gasteiger partial charge in [-0.05, 0) is 37.0 Å². The molecule has 1 N–H and O–H groups in total. The first-order valence-corrected chi connectivity index (χ1v) is 4.94. The molecule has 0 amide bonds. The van der Waals surface area contributed by atoms with Gasteiger partial charge >= 0.3 is 0 Å². The Hall–Kier alpha value is -0.0400. The number of hydrogen-bond donors (Lipinski definition) is 1. The maximum Gasteiger partial charge on any atom is 0.00754 e. The van der Waals surface area contributed by atoms with Crippen molar-refractivity contribution in [3.8, 4) is 0 Å². The highest BCUT2D eigenvalue weighted by Gasteiger charge is 2.47. The Morgan fingerprint density at radius 1 is 1.45 bits per heavy atom. The summed E-state index contributed by atoms with van der Waals surface area (Å²) in [6.45, 7) is 5.95. The second kappa shape index (κ2) is 2.48. The Labute approximate surface area is 69.6 Å². The first-order valence-electron chi connectivity index (χ1n) is 4.94. The van der Waals surface area contributed by atoms with Crippen LogP contribution in [0.15, 0.2) is 0 Å². The van der Waals surface area contributed by atoms with E-state index in [9.17, 15) is 0 Å². The Morgan fingerprint density at radius 2 is 2.18 bits per heavy atom. The Balaban J connectivity index is 1.80. The third-order valence-corrected chi connectivity index (χ3v) is 3.16. The van der Waals surface area contributed by atoms with Crippen molar-refractivity contribution < 1.29 is 0 Å². The third-order valence-electron chi connectivity index (χ3n) is 3.16. The van der Waals surface area contributed by atoms with Gasteiger partial charge in [0.15, 0.2) is 0 Å². The molecule has 1 aliphatic heterocycles. The van der Waals surface area contributed by atoms with E-state index in [1.165, 1.54) is 32.2 Å². The summed E-state index contributed by atoms with van der Waals surface area (Å²) in [4.78, 5) is 0. The van der Waals surface area contributed by atoms with Gasteiger partial charge in [-0.25, -0.2) is 0 Å². The second-order valence-electron chi connectivity index (χ2n) is 4.91. The lowest BCUT2D eigenvalue weighted by molar-refractivity contribution is 0.449. The van der Waals surface area contributed by atoms with Crippen LogP contribution in [0.3, 0.4) is 0 Å². The minimum absolute atomic E-state index is 0.791. The molecule has 11 heavy (non-hydrogen) atoms. The standard InChI is InChI=1S/C10H19N/c1-8(2)5-9-6-10(3-4-10)7-11-9/h8-9,11H,3-7H2,1-2H3. The Kier molecular flexibility index (Phi) is 1.71. The summed E-state index contributed by atoms with van der Waals surface area (Å²) in [6, 6.07) is 0.845. The molecular weight excluding hydrogens is 134 g/mol. The Bertz CT molecular complexity index is 147. The summed E-state index contributed by atoms with van der Waals surface area (Å²) in [7, 11) is 0. The topological polar surface area (TPSA) is 12.0 Å². The van der Waals surface area contributed by atoms with Crippen LogP contribution in [0, 0.1) is 11.3 Å². The van der Waals surface area contributed by atoms with Gasteiger partial charge in [-0.2, -0.15) is 0 Å². The summed E-state index contributed by atoms with van der Waals surface area (Å²) in [5.74, 6) is 0.862. The quantitative estimate of drug-likeness (QED) is 0.641. The van der Waals surface area contributed by atoms with E-state index in [1.54, 1.807) is 0 Å². The lowest BCUT2D eigenvalue weighted by atomic mass is 9.97. The average Bonchev–Trinajstić information content (AvgIpc) is 2.51. The van der Waals surface area contributed by atoms with Gasteiger partial charge in [-0.15, -0.1) is 0 Å². The maximum absolute atomic E-state index is 3.64. The van der Waals surface area contributed by atoms with E-state index in [0.717, 1.165) is 17.4 Å². The molecule has 0 aromatic rings. The monoisotopic (exact) mass is 153 g/mol. The zero-order valence-corrected chi connectivity index (χ0v) is 7.69. The molecule has 1 spiro atoms. The smallest absolute Gasteiger partial charge is 0.00754 e. The van der Waals surface area contributed by atoms with Gasteiger partial charge in [-0.1, -0.05) is 13.8 Å². The third kappa shape index (κ3) is 1.58. The molecule has 1 aliphatic carbocycles. The lowest BCUT2D eigenvalue weighted by Gasteiger charge is -2.12. The van der Waals surface area contributed by atoms with E-state index in [0.29, 0.717) is 0 Å². The van der Waals surface area contributed by atoms with Crippen LogP contribution in [0.5, 0.6) is 0 Å². The predicted molar refractivity (Wildman–Crippen MR) is 47.5 cm³/mol. The minimum atomic E-state index is 0.791. The largest absolute Gasteiger partial charge is 0.313 e. The van der Waals surface area contributed by atoms with Crippen molar-refractivity contribution in [2.45, 2.75) is 45.6 Å². The van der Waals surface area contributed by atoms with Gasteiger partial charge in [-0.3, -0.25) is 0 Å². The van der Waals surface area contributed by atoms with E-state index in [1.807, 2.05) is 0 Å². The van der Waals surface area contributed by atoms with Crippen molar-refractivity contribution in [1.82, 2.24) is 5.32 Å². The minimum Gasteiger partial charge on any atom is -0.313 e. The highest BCUT2D eigenvalue weighted by atomic mass is 15.0. The molecule has 2 rings (SSSR count). The summed E-state index contributed by atoms with van der Waals surface area (Å²) >= 11 is 0. The van der Waals surface area contributed by atoms with Crippen LogP contribution >= 0.6 is 0 Å². The number of hydrogen-bond acceptors (Lipinski definition) is 1. The fourth-order valence-corrected chi connectivity index (χ4v) is 2.32. The van der Waals surface area contributed by atoms with Crippen molar-refractivity contribution in [3.05, 3.63) is 0 Å². The molecule has 1 saturated heterocycles. The first kappa shape index (κ1) is 7.60. The molecule has 0 aromatic carbocycles. The summed E-state index contributed by atoms with van der Waals surface area (Å²) in [5.41, 5.74) is 0.791. The van der Waals surface area contributed by atoms with E-state index in [2.05, 4.69) is 19.2 Å². The van der Waals surface area contributed by atoms with Crippen LogP contribution < -0.4 is 5.32 Å². The molecule has 1 nitrogen and oxygen atoms in total. The van der Waals surface area contributed by atoms with Crippen molar-refractivity contribution >= 4 is 0 Å². The summed E-state index contributed by atoms with van der Waals surface area (Å²) in [6.07, 6.45) is 5.83. The van der Waals surface area contributed by atoms with Crippen LogP contribution in [0.2, 0.25) is 0 Å². The van der Waals surface area contributed by atoms with Gasteiger partial charge in [0.2, 0.25) is 0 Å². The molecule has 1 atom stereocenters. The molecule has 0 radical (unpaired) electrons. The molecule has 0 bridgehead atoms. The Morgan fingerprint density at radius 3 is 2.64 bits per heavy atom. The van der Waals surface area contributed by atoms with Gasteiger partial charge in [0.05, 0.1) is 0 Å². The predicted octanol–water partition coefficient (Wildman–Crippen LogP) is 2.17. The average molecular weight is 153 g/mol. The number of rotatable bonds is 2. The highest BCUT2D eigenvalue weighted by Crippen LogP contribution is 2.52. The molecular formula is C10H19N. The zero-order chi connectivity index (χ0) is 7.90. The normalized spacial score (nSPS) is 33.5. The molecule has 1 heterocycles. The molecule has 0 aromatic heterocycles. The van der Waals surface area contributed by atoms with Gasteiger partial charge < -0.3 is 5.32 Å². The summed E-state index contributed by atoms with van der Waals surface area (Å²) < 4.78 is 0. The lowest BCUT2D eigenvalue weighted by Crippen LogP contribution is -2.22. The molecule has 64 valence electrons. The van der Waals surface area contributed by atoms with Crippen molar-refractivity contribution in [3.63, 3.8) is 0 Å². The van der Waals surface area contributed by atoms with E-state index >= 15 is 0 Å².